The minimum absolute atomic E-state index is 0.0874. The Balaban J connectivity index is 2.55. The highest BCUT2D eigenvalue weighted by molar-refractivity contribution is 5.06. The lowest BCUT2D eigenvalue weighted by Crippen LogP contribution is -2.37. The first kappa shape index (κ1) is 13.2. The van der Waals surface area contributed by atoms with Crippen molar-refractivity contribution < 1.29 is 4.74 Å². The van der Waals surface area contributed by atoms with Gasteiger partial charge in [-0.25, -0.2) is 0 Å². The first-order valence-electron chi connectivity index (χ1n) is 5.67. The Morgan fingerprint density at radius 3 is 2.69 bits per heavy atom. The highest BCUT2D eigenvalue weighted by atomic mass is 16.5. The van der Waals surface area contributed by atoms with Gasteiger partial charge in [-0.05, 0) is 39.3 Å². The van der Waals surface area contributed by atoms with E-state index in [9.17, 15) is 0 Å². The summed E-state index contributed by atoms with van der Waals surface area (Å²) in [6, 6.07) is 0.416. The van der Waals surface area contributed by atoms with Gasteiger partial charge in [0.05, 0.1) is 11.8 Å². The number of methoxy groups -OCH3 is 1. The third-order valence-corrected chi connectivity index (χ3v) is 2.94. The fourth-order valence-corrected chi connectivity index (χ4v) is 1.81. The van der Waals surface area contributed by atoms with Crippen molar-refractivity contribution in [3.8, 4) is 0 Å². The Morgan fingerprint density at radius 1 is 1.56 bits per heavy atom. The third kappa shape index (κ3) is 3.94. The van der Waals surface area contributed by atoms with Gasteiger partial charge >= 0.3 is 0 Å². The molecule has 1 rings (SSSR count). The molecule has 16 heavy (non-hydrogen) atoms. The van der Waals surface area contributed by atoms with Crippen molar-refractivity contribution in [3.63, 3.8) is 0 Å². The summed E-state index contributed by atoms with van der Waals surface area (Å²) in [4.78, 5) is 0. The fraction of sp³-hybridized carbons (Fsp3) is 0.750. The van der Waals surface area contributed by atoms with Crippen LogP contribution in [0, 0.1) is 0 Å². The van der Waals surface area contributed by atoms with Crippen LogP contribution >= 0.6 is 0 Å². The Morgan fingerprint density at radius 2 is 2.25 bits per heavy atom. The van der Waals surface area contributed by atoms with Crippen LogP contribution < -0.4 is 5.32 Å². The first-order valence-corrected chi connectivity index (χ1v) is 5.67. The standard InChI is InChI=1S/C12H23N3O/c1-12(2,16-5)7-11(13-3)6-10-8-14-15(4)9-10/h8-9,11,13H,6-7H2,1-5H3. The van der Waals surface area contributed by atoms with E-state index < -0.39 is 0 Å². The Labute approximate surface area is 98.0 Å². The van der Waals surface area contributed by atoms with Crippen molar-refractivity contribution in [2.45, 2.75) is 38.3 Å². The topological polar surface area (TPSA) is 39.1 Å². The predicted molar refractivity (Wildman–Crippen MR) is 65.5 cm³/mol. The number of nitrogens with one attached hydrogen (secondary N) is 1. The number of rotatable bonds is 6. The number of nitrogens with zero attached hydrogens (tertiary/aromatic N) is 2. The molecule has 4 nitrogen and oxygen atoms in total. The summed E-state index contributed by atoms with van der Waals surface area (Å²) < 4.78 is 7.29. The maximum absolute atomic E-state index is 5.45. The molecule has 0 saturated carbocycles. The Kier molecular flexibility index (Phi) is 4.50. The van der Waals surface area contributed by atoms with Crippen LogP contribution in [0.4, 0.5) is 0 Å². The van der Waals surface area contributed by atoms with Crippen LogP contribution in [0.25, 0.3) is 0 Å². The van der Waals surface area contributed by atoms with Crippen molar-refractivity contribution >= 4 is 0 Å². The van der Waals surface area contributed by atoms with Crippen LogP contribution in [-0.4, -0.2) is 35.6 Å². The molecule has 0 bridgehead atoms. The van der Waals surface area contributed by atoms with Crippen molar-refractivity contribution in [1.29, 1.82) is 0 Å². The zero-order valence-corrected chi connectivity index (χ0v) is 10.9. The van der Waals surface area contributed by atoms with E-state index in [0.717, 1.165) is 12.8 Å². The van der Waals surface area contributed by atoms with E-state index in [0.29, 0.717) is 6.04 Å². The maximum Gasteiger partial charge on any atom is 0.0637 e. The van der Waals surface area contributed by atoms with Gasteiger partial charge in [0.2, 0.25) is 0 Å². The summed E-state index contributed by atoms with van der Waals surface area (Å²) in [7, 11) is 5.69. The molecule has 1 N–H and O–H groups in total. The minimum Gasteiger partial charge on any atom is -0.379 e. The highest BCUT2D eigenvalue weighted by Crippen LogP contribution is 2.17. The molecule has 4 heteroatoms. The first-order chi connectivity index (χ1) is 7.46. The number of likely N-dealkylation sites (N-methyl/N-ethyl adjacent to an activating group) is 1. The van der Waals surface area contributed by atoms with E-state index in [1.54, 1.807) is 7.11 Å². The molecule has 1 aromatic rings. The number of hydrogen-bond acceptors (Lipinski definition) is 3. The van der Waals surface area contributed by atoms with Gasteiger partial charge in [-0.3, -0.25) is 4.68 Å². The Bertz CT molecular complexity index is 320. The molecule has 0 aliphatic heterocycles. The van der Waals surface area contributed by atoms with Crippen LogP contribution in [0.15, 0.2) is 12.4 Å². The molecule has 1 aromatic heterocycles. The molecule has 0 saturated heterocycles. The van der Waals surface area contributed by atoms with Crippen molar-refractivity contribution in [3.05, 3.63) is 18.0 Å². The fourth-order valence-electron chi connectivity index (χ4n) is 1.81. The molecule has 0 aromatic carbocycles. The van der Waals surface area contributed by atoms with E-state index in [1.165, 1.54) is 5.56 Å². The van der Waals surface area contributed by atoms with Crippen LogP contribution in [0.2, 0.25) is 0 Å². The summed E-state index contributed by atoms with van der Waals surface area (Å²) >= 11 is 0. The second-order valence-electron chi connectivity index (χ2n) is 4.88. The average molecular weight is 225 g/mol. The molecular weight excluding hydrogens is 202 g/mol. The van der Waals surface area contributed by atoms with Gasteiger partial charge in [-0.2, -0.15) is 5.10 Å². The molecule has 0 fully saturated rings. The molecule has 0 spiro atoms. The summed E-state index contributed by atoms with van der Waals surface area (Å²) in [5.41, 5.74) is 1.17. The van der Waals surface area contributed by atoms with E-state index in [2.05, 4.69) is 30.5 Å². The number of aromatic nitrogens is 2. The molecule has 0 radical (unpaired) electrons. The van der Waals surface area contributed by atoms with Crippen molar-refractivity contribution in [1.82, 2.24) is 15.1 Å². The average Bonchev–Trinajstić information content (AvgIpc) is 2.63. The van der Waals surface area contributed by atoms with Crippen molar-refractivity contribution in [2.24, 2.45) is 7.05 Å². The van der Waals surface area contributed by atoms with Gasteiger partial charge in [0.15, 0.2) is 0 Å². The van der Waals surface area contributed by atoms with E-state index in [-0.39, 0.29) is 5.60 Å². The molecule has 1 atom stereocenters. The maximum atomic E-state index is 5.45. The van der Waals surface area contributed by atoms with Gasteiger partial charge in [-0.1, -0.05) is 0 Å². The summed E-state index contributed by atoms with van der Waals surface area (Å²) in [5, 5.41) is 7.51. The molecular formula is C12H23N3O. The second-order valence-corrected chi connectivity index (χ2v) is 4.88. The van der Waals surface area contributed by atoms with E-state index >= 15 is 0 Å². The number of ether oxygens (including phenoxy) is 1. The van der Waals surface area contributed by atoms with E-state index in [4.69, 9.17) is 4.74 Å². The summed E-state index contributed by atoms with van der Waals surface area (Å²) in [6.07, 6.45) is 5.94. The predicted octanol–water partition coefficient (Wildman–Crippen LogP) is 1.37. The molecule has 0 amide bonds. The van der Waals surface area contributed by atoms with Crippen molar-refractivity contribution in [2.75, 3.05) is 14.2 Å². The molecule has 0 aliphatic carbocycles. The lowest BCUT2D eigenvalue weighted by Gasteiger charge is -2.28. The summed E-state index contributed by atoms with van der Waals surface area (Å²) in [5.74, 6) is 0. The lowest BCUT2D eigenvalue weighted by molar-refractivity contribution is 0.00773. The quantitative estimate of drug-likeness (QED) is 0.794. The number of aryl methyl sites for hydroxylation is 1. The zero-order chi connectivity index (χ0) is 12.2. The summed E-state index contributed by atoms with van der Waals surface area (Å²) in [6.45, 7) is 4.22. The van der Waals surface area contributed by atoms with Crippen LogP contribution in [0.5, 0.6) is 0 Å². The van der Waals surface area contributed by atoms with Crippen LogP contribution in [-0.2, 0) is 18.2 Å². The normalized spacial score (nSPS) is 14.1. The molecule has 1 unspecified atom stereocenters. The Hall–Kier alpha value is -0.870. The third-order valence-electron chi connectivity index (χ3n) is 2.94. The smallest absolute Gasteiger partial charge is 0.0637 e. The molecule has 1 heterocycles. The van der Waals surface area contributed by atoms with Gasteiger partial charge in [0.25, 0.3) is 0 Å². The van der Waals surface area contributed by atoms with Gasteiger partial charge < -0.3 is 10.1 Å². The molecule has 92 valence electrons. The lowest BCUT2D eigenvalue weighted by atomic mass is 9.95. The van der Waals surface area contributed by atoms with Gasteiger partial charge in [0, 0.05) is 26.4 Å². The van der Waals surface area contributed by atoms with Crippen LogP contribution in [0.1, 0.15) is 25.8 Å². The minimum atomic E-state index is -0.0874. The number of hydrogen-bond donors (Lipinski definition) is 1. The van der Waals surface area contributed by atoms with Gasteiger partial charge in [0.1, 0.15) is 0 Å². The second kappa shape index (κ2) is 5.46. The SMILES string of the molecule is CNC(Cc1cnn(C)c1)CC(C)(C)OC. The monoisotopic (exact) mass is 225 g/mol. The molecule has 0 aliphatic rings. The largest absolute Gasteiger partial charge is 0.379 e. The zero-order valence-electron chi connectivity index (χ0n) is 10.9. The van der Waals surface area contributed by atoms with Gasteiger partial charge in [-0.15, -0.1) is 0 Å². The van der Waals surface area contributed by atoms with Crippen LogP contribution in [0.3, 0.4) is 0 Å². The highest BCUT2D eigenvalue weighted by Gasteiger charge is 2.22. The van der Waals surface area contributed by atoms with E-state index in [1.807, 2.05) is 25.0 Å².